The Morgan fingerprint density at radius 3 is 2.23 bits per heavy atom. The first-order valence-corrected chi connectivity index (χ1v) is 14.7. The van der Waals surface area contributed by atoms with Crippen LogP contribution in [0, 0.1) is 13.8 Å². The number of nitrogens with one attached hydrogen (secondary N) is 1. The maximum absolute atomic E-state index is 14.0. The normalized spacial score (nSPS) is 12.2. The van der Waals surface area contributed by atoms with E-state index in [1.807, 2.05) is 58.9 Å². The standard InChI is InChI=1S/C30H36ClN3O4S/c1-6-28(30(36)32-21(2)3)33(19-24-12-10-11-22(4)17-24)29(35)20-34(25-16-15-23(5)27(31)18-25)39(37,38)26-13-8-7-9-14-26/h7-18,21,28H,6,19-20H2,1-5H3,(H,32,36). The summed E-state index contributed by atoms with van der Waals surface area (Å²) in [7, 11) is -4.14. The Kier molecular flexibility index (Phi) is 10.2. The van der Waals surface area contributed by atoms with Crippen LogP contribution < -0.4 is 9.62 Å². The van der Waals surface area contributed by atoms with Crippen LogP contribution in [0.15, 0.2) is 77.7 Å². The second-order valence-electron chi connectivity index (χ2n) is 9.86. The lowest BCUT2D eigenvalue weighted by molar-refractivity contribution is -0.140. The number of halogens is 1. The number of rotatable bonds is 11. The summed E-state index contributed by atoms with van der Waals surface area (Å²) in [6.45, 7) is 8.95. The molecule has 0 heterocycles. The highest BCUT2D eigenvalue weighted by Gasteiger charge is 2.34. The smallest absolute Gasteiger partial charge is 0.264 e. The van der Waals surface area contributed by atoms with Crippen molar-refractivity contribution in [3.8, 4) is 0 Å². The average molecular weight is 570 g/mol. The molecule has 1 unspecified atom stereocenters. The number of sulfonamides is 1. The van der Waals surface area contributed by atoms with Crippen molar-refractivity contribution in [1.82, 2.24) is 10.2 Å². The SMILES string of the molecule is CCC(C(=O)NC(C)C)N(Cc1cccc(C)c1)C(=O)CN(c1ccc(C)c(Cl)c1)S(=O)(=O)c1ccccc1. The van der Waals surface area contributed by atoms with E-state index in [9.17, 15) is 18.0 Å². The molecule has 208 valence electrons. The first-order valence-electron chi connectivity index (χ1n) is 12.9. The van der Waals surface area contributed by atoms with E-state index >= 15 is 0 Å². The number of aryl methyl sites for hydroxylation is 2. The molecule has 0 aliphatic carbocycles. The summed E-state index contributed by atoms with van der Waals surface area (Å²) >= 11 is 6.37. The summed E-state index contributed by atoms with van der Waals surface area (Å²) in [6, 6.07) is 19.6. The van der Waals surface area contributed by atoms with Gasteiger partial charge in [0.15, 0.2) is 0 Å². The highest BCUT2D eigenvalue weighted by atomic mass is 35.5. The molecule has 0 aromatic heterocycles. The van der Waals surface area contributed by atoms with Crippen LogP contribution in [0.1, 0.15) is 43.9 Å². The Morgan fingerprint density at radius 1 is 0.949 bits per heavy atom. The fourth-order valence-electron chi connectivity index (χ4n) is 4.29. The van der Waals surface area contributed by atoms with Crippen molar-refractivity contribution in [3.63, 3.8) is 0 Å². The fourth-order valence-corrected chi connectivity index (χ4v) is 5.89. The third-order valence-corrected chi connectivity index (χ3v) is 8.50. The summed E-state index contributed by atoms with van der Waals surface area (Å²) in [5.74, 6) is -0.789. The minimum absolute atomic E-state index is 0.0457. The molecule has 0 bridgehead atoms. The molecule has 3 rings (SSSR count). The molecule has 0 saturated carbocycles. The number of benzene rings is 3. The minimum Gasteiger partial charge on any atom is -0.352 e. The van der Waals surface area contributed by atoms with Gasteiger partial charge in [-0.2, -0.15) is 0 Å². The molecular formula is C30H36ClN3O4S. The lowest BCUT2D eigenvalue weighted by atomic mass is 10.1. The van der Waals surface area contributed by atoms with E-state index in [1.165, 1.54) is 17.0 Å². The summed E-state index contributed by atoms with van der Waals surface area (Å²) in [6.07, 6.45) is 0.359. The van der Waals surface area contributed by atoms with Crippen LogP contribution in [-0.4, -0.2) is 43.8 Å². The van der Waals surface area contributed by atoms with Gasteiger partial charge < -0.3 is 10.2 Å². The van der Waals surface area contributed by atoms with Gasteiger partial charge in [-0.05, 0) is 69.5 Å². The minimum atomic E-state index is -4.14. The molecule has 3 aromatic rings. The lowest BCUT2D eigenvalue weighted by Crippen LogP contribution is -2.53. The van der Waals surface area contributed by atoms with Crippen molar-refractivity contribution in [2.24, 2.45) is 0 Å². The first-order chi connectivity index (χ1) is 18.4. The number of nitrogens with zero attached hydrogens (tertiary/aromatic N) is 2. The Hall–Kier alpha value is -3.36. The Labute approximate surface area is 236 Å². The molecule has 0 fully saturated rings. The molecule has 0 aliphatic heterocycles. The van der Waals surface area contributed by atoms with Crippen molar-refractivity contribution in [2.45, 2.75) is 64.6 Å². The van der Waals surface area contributed by atoms with E-state index < -0.39 is 28.5 Å². The topological polar surface area (TPSA) is 86.8 Å². The Balaban J connectivity index is 2.08. The van der Waals surface area contributed by atoms with E-state index in [-0.39, 0.29) is 29.1 Å². The third kappa shape index (κ3) is 7.61. The van der Waals surface area contributed by atoms with Crippen molar-refractivity contribution < 1.29 is 18.0 Å². The predicted octanol–water partition coefficient (Wildman–Crippen LogP) is 5.48. The van der Waals surface area contributed by atoms with E-state index in [2.05, 4.69) is 5.32 Å². The van der Waals surface area contributed by atoms with Gasteiger partial charge in [-0.3, -0.25) is 13.9 Å². The molecule has 39 heavy (non-hydrogen) atoms. The van der Waals surface area contributed by atoms with Crippen LogP contribution in [0.4, 0.5) is 5.69 Å². The number of amides is 2. The number of hydrogen-bond acceptors (Lipinski definition) is 4. The second-order valence-corrected chi connectivity index (χ2v) is 12.1. The summed E-state index contributed by atoms with van der Waals surface area (Å²) in [4.78, 5) is 28.7. The molecule has 0 radical (unpaired) electrons. The predicted molar refractivity (Wildman–Crippen MR) is 156 cm³/mol. The van der Waals surface area contributed by atoms with E-state index in [1.54, 1.807) is 36.4 Å². The number of anilines is 1. The maximum atomic E-state index is 14.0. The summed E-state index contributed by atoms with van der Waals surface area (Å²) in [5.41, 5.74) is 2.90. The number of carbonyl (C=O) groups excluding carboxylic acids is 2. The monoisotopic (exact) mass is 569 g/mol. The zero-order valence-electron chi connectivity index (χ0n) is 23.0. The Bertz CT molecular complexity index is 1410. The van der Waals surface area contributed by atoms with Gasteiger partial charge in [0.2, 0.25) is 11.8 Å². The van der Waals surface area contributed by atoms with Crippen LogP contribution in [0.25, 0.3) is 0 Å². The number of hydrogen-bond donors (Lipinski definition) is 1. The molecule has 1 N–H and O–H groups in total. The lowest BCUT2D eigenvalue weighted by Gasteiger charge is -2.33. The molecule has 7 nitrogen and oxygen atoms in total. The molecule has 0 aliphatic rings. The molecule has 0 spiro atoms. The van der Waals surface area contributed by atoms with Crippen LogP contribution in [-0.2, 0) is 26.2 Å². The van der Waals surface area contributed by atoms with Crippen molar-refractivity contribution in [2.75, 3.05) is 10.8 Å². The van der Waals surface area contributed by atoms with Crippen molar-refractivity contribution in [1.29, 1.82) is 0 Å². The van der Waals surface area contributed by atoms with Gasteiger partial charge in [0, 0.05) is 17.6 Å². The zero-order chi connectivity index (χ0) is 28.7. The fraction of sp³-hybridized carbons (Fsp3) is 0.333. The van der Waals surface area contributed by atoms with E-state index in [0.29, 0.717) is 11.4 Å². The summed E-state index contributed by atoms with van der Waals surface area (Å²) in [5, 5.41) is 3.28. The summed E-state index contributed by atoms with van der Waals surface area (Å²) < 4.78 is 28.7. The second kappa shape index (κ2) is 13.1. The molecule has 0 saturated heterocycles. The average Bonchev–Trinajstić information content (AvgIpc) is 2.88. The zero-order valence-corrected chi connectivity index (χ0v) is 24.6. The third-order valence-electron chi connectivity index (χ3n) is 6.31. The molecule has 3 aromatic carbocycles. The van der Waals surface area contributed by atoms with Gasteiger partial charge >= 0.3 is 0 Å². The van der Waals surface area contributed by atoms with Crippen LogP contribution >= 0.6 is 11.6 Å². The van der Waals surface area contributed by atoms with Gasteiger partial charge in [0.1, 0.15) is 12.6 Å². The van der Waals surface area contributed by atoms with E-state index in [4.69, 9.17) is 11.6 Å². The molecule has 1 atom stereocenters. The van der Waals surface area contributed by atoms with Gasteiger partial charge in [-0.25, -0.2) is 8.42 Å². The molecular weight excluding hydrogens is 534 g/mol. The first kappa shape index (κ1) is 30.2. The van der Waals surface area contributed by atoms with Crippen molar-refractivity contribution >= 4 is 39.1 Å². The van der Waals surface area contributed by atoms with Crippen LogP contribution in [0.5, 0.6) is 0 Å². The highest BCUT2D eigenvalue weighted by molar-refractivity contribution is 7.92. The van der Waals surface area contributed by atoms with Crippen LogP contribution in [0.2, 0.25) is 5.02 Å². The van der Waals surface area contributed by atoms with Gasteiger partial charge in [-0.15, -0.1) is 0 Å². The van der Waals surface area contributed by atoms with Crippen molar-refractivity contribution in [3.05, 3.63) is 94.5 Å². The Morgan fingerprint density at radius 2 is 1.64 bits per heavy atom. The van der Waals surface area contributed by atoms with Crippen LogP contribution in [0.3, 0.4) is 0 Å². The highest BCUT2D eigenvalue weighted by Crippen LogP contribution is 2.28. The van der Waals surface area contributed by atoms with Gasteiger partial charge in [-0.1, -0.05) is 72.6 Å². The quantitative estimate of drug-likeness (QED) is 0.331. The largest absolute Gasteiger partial charge is 0.352 e. The van der Waals surface area contributed by atoms with Gasteiger partial charge in [0.05, 0.1) is 10.6 Å². The molecule has 9 heteroatoms. The van der Waals surface area contributed by atoms with E-state index in [0.717, 1.165) is 21.0 Å². The van der Waals surface area contributed by atoms with Gasteiger partial charge in [0.25, 0.3) is 10.0 Å². The maximum Gasteiger partial charge on any atom is 0.264 e. The number of carbonyl (C=O) groups is 2. The molecule has 2 amide bonds.